The quantitative estimate of drug-likeness (QED) is 0.767. The largest absolute Gasteiger partial charge is 0.402 e. The molecule has 106 valence electrons. The van der Waals surface area contributed by atoms with Gasteiger partial charge in [-0.3, -0.25) is 0 Å². The van der Waals surface area contributed by atoms with Crippen LogP contribution >= 0.6 is 0 Å². The lowest BCUT2D eigenvalue weighted by molar-refractivity contribution is 0.0327. The number of nitrogens with two attached hydrogens (primary N) is 1. The van der Waals surface area contributed by atoms with Crippen LogP contribution < -0.4 is 5.73 Å². The molecule has 3 N–H and O–H groups in total. The van der Waals surface area contributed by atoms with Gasteiger partial charge < -0.3 is 10.8 Å². The monoisotopic (exact) mass is 245 g/mol. The second-order valence-corrected chi connectivity index (χ2v) is 4.75. The molecule has 2 heteroatoms. The van der Waals surface area contributed by atoms with Crippen LogP contribution in [0.25, 0.3) is 0 Å². The first-order valence-corrected chi connectivity index (χ1v) is 6.92. The topological polar surface area (TPSA) is 46.2 Å². The van der Waals surface area contributed by atoms with Gasteiger partial charge in [0.2, 0.25) is 0 Å². The van der Waals surface area contributed by atoms with Crippen molar-refractivity contribution in [3.63, 3.8) is 0 Å². The molecule has 17 heavy (non-hydrogen) atoms. The Kier molecular flexibility index (Phi) is 17.4. The first-order chi connectivity index (χ1) is 7.75. The van der Waals surface area contributed by atoms with Crippen LogP contribution in [0.2, 0.25) is 0 Å². The number of hydrogen-bond donors (Lipinski definition) is 2. The van der Waals surface area contributed by atoms with Gasteiger partial charge in [-0.25, -0.2) is 0 Å². The Morgan fingerprint density at radius 2 is 1.59 bits per heavy atom. The van der Waals surface area contributed by atoms with Gasteiger partial charge in [-0.15, -0.1) is 0 Å². The lowest BCUT2D eigenvalue weighted by atomic mass is 9.95. The molecule has 0 saturated carbocycles. The maximum Gasteiger partial charge on any atom is 0.0614 e. The van der Waals surface area contributed by atoms with Crippen LogP contribution in [0.3, 0.4) is 0 Å². The minimum absolute atomic E-state index is 0.354. The summed E-state index contributed by atoms with van der Waals surface area (Å²) in [5.74, 6) is 0.354. The third-order valence-corrected chi connectivity index (χ3v) is 2.42. The molecule has 0 aliphatic heterocycles. The van der Waals surface area contributed by atoms with E-state index in [-0.39, 0.29) is 0 Å². The zero-order chi connectivity index (χ0) is 14.5. The number of rotatable bonds is 4. The molecular formula is C15H35NO. The Labute approximate surface area is 109 Å². The van der Waals surface area contributed by atoms with E-state index in [1.807, 2.05) is 41.5 Å². The summed E-state index contributed by atoms with van der Waals surface area (Å²) in [6.07, 6.45) is 5.34. The van der Waals surface area contributed by atoms with Crippen molar-refractivity contribution in [2.75, 3.05) is 0 Å². The van der Waals surface area contributed by atoms with Crippen molar-refractivity contribution in [3.05, 3.63) is 11.8 Å². The molecule has 0 bridgehead atoms. The van der Waals surface area contributed by atoms with E-state index < -0.39 is 5.60 Å². The van der Waals surface area contributed by atoms with Crippen molar-refractivity contribution in [1.29, 1.82) is 0 Å². The molecule has 2 nitrogen and oxygen atoms in total. The number of allylic oxidation sites excluding steroid dienone is 2. The molecule has 0 radical (unpaired) electrons. The molecule has 0 spiro atoms. The maximum absolute atomic E-state index is 9.09. The number of aliphatic hydroxyl groups is 1. The molecule has 0 aromatic carbocycles. The van der Waals surface area contributed by atoms with Crippen molar-refractivity contribution in [3.8, 4) is 0 Å². The van der Waals surface area contributed by atoms with Gasteiger partial charge in [-0.1, -0.05) is 54.0 Å². The summed E-state index contributed by atoms with van der Waals surface area (Å²) in [6, 6.07) is 0. The predicted octanol–water partition coefficient (Wildman–Crippen LogP) is 4.48. The lowest BCUT2D eigenvalue weighted by Gasteiger charge is -2.21. The Balaban J connectivity index is -0.000000202. The highest BCUT2D eigenvalue weighted by Crippen LogP contribution is 2.12. The summed E-state index contributed by atoms with van der Waals surface area (Å²) in [7, 11) is 0. The van der Waals surface area contributed by atoms with Crippen LogP contribution in [0, 0.1) is 5.92 Å². The molecule has 0 aromatic heterocycles. The van der Waals surface area contributed by atoms with Crippen LogP contribution in [-0.4, -0.2) is 10.7 Å². The average molecular weight is 245 g/mol. The van der Waals surface area contributed by atoms with E-state index in [2.05, 4.69) is 19.9 Å². The molecule has 0 rings (SSSR count). The standard InChI is InChI=1S/C7H15N.C6H14O.C2H6/c1-3-5-7(8)6-4-2;1-5(2)6(3,4)7;1-2/h5H,3-4,6,8H2,1-2H3;5,7H,1-4H3;1-2H3/b7-5+;;. The molecule has 0 aromatic rings. The van der Waals surface area contributed by atoms with Gasteiger partial charge in [-0.2, -0.15) is 0 Å². The van der Waals surface area contributed by atoms with E-state index in [9.17, 15) is 0 Å². The minimum Gasteiger partial charge on any atom is -0.402 e. The molecular weight excluding hydrogens is 210 g/mol. The van der Waals surface area contributed by atoms with Gasteiger partial charge >= 0.3 is 0 Å². The van der Waals surface area contributed by atoms with E-state index in [0.717, 1.165) is 25.0 Å². The van der Waals surface area contributed by atoms with E-state index in [1.54, 1.807) is 0 Å². The van der Waals surface area contributed by atoms with E-state index in [0.29, 0.717) is 5.92 Å². The van der Waals surface area contributed by atoms with Gasteiger partial charge in [-0.05, 0) is 32.6 Å². The van der Waals surface area contributed by atoms with E-state index >= 15 is 0 Å². The highest BCUT2D eigenvalue weighted by atomic mass is 16.3. The van der Waals surface area contributed by atoms with E-state index in [4.69, 9.17) is 10.8 Å². The third kappa shape index (κ3) is 21.4. The van der Waals surface area contributed by atoms with Gasteiger partial charge in [0.15, 0.2) is 0 Å². The highest BCUT2D eigenvalue weighted by molar-refractivity contribution is 4.94. The van der Waals surface area contributed by atoms with Crippen molar-refractivity contribution in [1.82, 2.24) is 0 Å². The summed E-state index contributed by atoms with van der Waals surface area (Å²) >= 11 is 0. The molecule has 0 fully saturated rings. The summed E-state index contributed by atoms with van der Waals surface area (Å²) in [4.78, 5) is 0. The molecule has 0 atom stereocenters. The van der Waals surface area contributed by atoms with Gasteiger partial charge in [0, 0.05) is 5.70 Å². The van der Waals surface area contributed by atoms with Gasteiger partial charge in [0.25, 0.3) is 0 Å². The van der Waals surface area contributed by atoms with Gasteiger partial charge in [0.05, 0.1) is 5.60 Å². The van der Waals surface area contributed by atoms with Crippen molar-refractivity contribution >= 4 is 0 Å². The molecule has 0 aliphatic rings. The Morgan fingerprint density at radius 1 is 1.24 bits per heavy atom. The van der Waals surface area contributed by atoms with Crippen LogP contribution in [0.15, 0.2) is 11.8 Å². The van der Waals surface area contributed by atoms with Crippen molar-refractivity contribution in [2.45, 2.75) is 80.3 Å². The lowest BCUT2D eigenvalue weighted by Crippen LogP contribution is -2.25. The third-order valence-electron chi connectivity index (χ3n) is 2.42. The van der Waals surface area contributed by atoms with Crippen molar-refractivity contribution in [2.24, 2.45) is 11.7 Å². The Hall–Kier alpha value is -0.500. The number of hydrogen-bond acceptors (Lipinski definition) is 2. The van der Waals surface area contributed by atoms with Gasteiger partial charge in [0.1, 0.15) is 0 Å². The zero-order valence-electron chi connectivity index (χ0n) is 13.3. The second-order valence-electron chi connectivity index (χ2n) is 4.75. The Bertz CT molecular complexity index is 166. The second kappa shape index (κ2) is 13.6. The van der Waals surface area contributed by atoms with Crippen LogP contribution in [0.5, 0.6) is 0 Å². The predicted molar refractivity (Wildman–Crippen MR) is 80.0 cm³/mol. The summed E-state index contributed by atoms with van der Waals surface area (Å²) in [5.41, 5.74) is 6.09. The average Bonchev–Trinajstić information content (AvgIpc) is 2.21. The summed E-state index contributed by atoms with van der Waals surface area (Å²) in [6.45, 7) is 15.9. The first kappa shape index (κ1) is 21.8. The maximum atomic E-state index is 9.09. The zero-order valence-corrected chi connectivity index (χ0v) is 13.3. The van der Waals surface area contributed by atoms with Crippen LogP contribution in [0.4, 0.5) is 0 Å². The normalized spacial score (nSPS) is 11.3. The smallest absolute Gasteiger partial charge is 0.0614 e. The van der Waals surface area contributed by atoms with E-state index in [1.165, 1.54) is 0 Å². The minimum atomic E-state index is -0.500. The summed E-state index contributed by atoms with van der Waals surface area (Å²) in [5, 5.41) is 9.09. The SMILES string of the molecule is CC.CC(C)C(C)(C)O.CC/C=C(/N)CCC. The first-order valence-electron chi connectivity index (χ1n) is 6.92. The molecule has 0 heterocycles. The van der Waals surface area contributed by atoms with Crippen LogP contribution in [0.1, 0.15) is 74.7 Å². The van der Waals surface area contributed by atoms with Crippen LogP contribution in [-0.2, 0) is 0 Å². The summed E-state index contributed by atoms with van der Waals surface area (Å²) < 4.78 is 0. The molecule has 0 amide bonds. The molecule has 0 saturated heterocycles. The molecule has 0 unspecified atom stereocenters. The fraction of sp³-hybridized carbons (Fsp3) is 0.867. The fourth-order valence-corrected chi connectivity index (χ4v) is 0.653. The Morgan fingerprint density at radius 3 is 1.76 bits per heavy atom. The van der Waals surface area contributed by atoms with Crippen molar-refractivity contribution < 1.29 is 5.11 Å². The fourth-order valence-electron chi connectivity index (χ4n) is 0.653. The highest BCUT2D eigenvalue weighted by Gasteiger charge is 2.16. The molecule has 0 aliphatic carbocycles.